The largest absolute Gasteiger partial charge is 0.457 e. The number of ether oxygens (including phenoxy) is 1. The molecular weight excluding hydrogens is 683 g/mol. The van der Waals surface area contributed by atoms with E-state index in [9.17, 15) is 0 Å². The fourth-order valence-corrected chi connectivity index (χ4v) is 9.19. The summed E-state index contributed by atoms with van der Waals surface area (Å²) < 4.78 is 6.72. The quantitative estimate of drug-likeness (QED) is 0.192. The van der Waals surface area contributed by atoms with Crippen LogP contribution in [0.15, 0.2) is 204 Å². The van der Waals surface area contributed by atoms with Crippen LogP contribution in [0.25, 0.3) is 27.8 Å². The predicted molar refractivity (Wildman–Crippen MR) is 227 cm³/mol. The van der Waals surface area contributed by atoms with Crippen molar-refractivity contribution in [2.45, 2.75) is 24.4 Å². The zero-order valence-corrected chi connectivity index (χ0v) is 30.7. The third kappa shape index (κ3) is 5.14. The van der Waals surface area contributed by atoms with E-state index in [0.29, 0.717) is 0 Å². The third-order valence-corrected chi connectivity index (χ3v) is 11.7. The lowest BCUT2D eigenvalue weighted by Gasteiger charge is -2.41. The van der Waals surface area contributed by atoms with Gasteiger partial charge in [0.1, 0.15) is 23.2 Å². The standard InChI is InChI=1S/C52H37N3O/c1-3-15-34(16-4-1)49-53-50(35-17-5-2-6-18-35)55-51(54-49)40-22-14-21-38(32-40)36-19-13-20-37(31-36)39-29-30-48-46(33-39)52(45-27-11-12-28-47(45)56-48)43-25-9-7-23-41(43)42-24-8-10-26-44(42)52/h1-9,11-25,27-33,49H,10,26H2,(H,53,54,55). The second-order valence-corrected chi connectivity index (χ2v) is 14.8. The SMILES string of the molecule is C1=CC2=C(CC1)C1(c3ccccc3Oc3ccc(-c4cccc(-c5cccc(C6=NC(c7ccccc7)N=C(c7ccccc7)N6)c5)c4)cc31)c1ccccc12. The van der Waals surface area contributed by atoms with E-state index in [4.69, 9.17) is 14.7 Å². The molecule has 0 bridgehead atoms. The Bertz CT molecular complexity index is 2810. The Hall–Kier alpha value is -7.04. The normalized spacial score (nSPS) is 18.8. The van der Waals surface area contributed by atoms with Gasteiger partial charge in [-0.05, 0) is 93.3 Å². The molecule has 2 aliphatic heterocycles. The van der Waals surface area contributed by atoms with Crippen molar-refractivity contribution >= 4 is 17.2 Å². The first-order valence-electron chi connectivity index (χ1n) is 19.4. The smallest absolute Gasteiger partial charge is 0.169 e. The predicted octanol–water partition coefficient (Wildman–Crippen LogP) is 12.1. The summed E-state index contributed by atoms with van der Waals surface area (Å²) in [4.78, 5) is 10.2. The van der Waals surface area contributed by atoms with Crippen molar-refractivity contribution in [3.05, 3.63) is 233 Å². The molecule has 11 rings (SSSR count). The molecule has 56 heavy (non-hydrogen) atoms. The van der Waals surface area contributed by atoms with Crippen molar-refractivity contribution in [2.75, 3.05) is 0 Å². The van der Waals surface area contributed by atoms with Crippen LogP contribution in [0.4, 0.5) is 0 Å². The Morgan fingerprint density at radius 3 is 1.88 bits per heavy atom. The number of aliphatic imine (C=N–C) groups is 2. The molecule has 1 spiro atoms. The minimum atomic E-state index is -0.421. The van der Waals surface area contributed by atoms with Crippen LogP contribution < -0.4 is 10.1 Å². The van der Waals surface area contributed by atoms with Crippen LogP contribution in [0.5, 0.6) is 11.5 Å². The Kier molecular flexibility index (Phi) is 7.56. The zero-order chi connectivity index (χ0) is 37.1. The van der Waals surface area contributed by atoms with Crippen LogP contribution in [-0.2, 0) is 5.41 Å². The summed E-state index contributed by atoms with van der Waals surface area (Å²) in [5, 5.41) is 3.57. The molecule has 2 aliphatic carbocycles. The van der Waals surface area contributed by atoms with Crippen molar-refractivity contribution in [1.29, 1.82) is 0 Å². The molecule has 2 atom stereocenters. The Labute approximate surface area is 326 Å². The molecule has 0 amide bonds. The summed E-state index contributed by atoms with van der Waals surface area (Å²) in [6.07, 6.45) is 6.36. The maximum absolute atomic E-state index is 6.72. The molecule has 4 aliphatic rings. The van der Waals surface area contributed by atoms with Gasteiger partial charge in [0.25, 0.3) is 0 Å². The summed E-state index contributed by atoms with van der Waals surface area (Å²) in [5.41, 5.74) is 15.2. The van der Waals surface area contributed by atoms with Crippen LogP contribution in [0.1, 0.15) is 58.0 Å². The number of hydrogen-bond acceptors (Lipinski definition) is 4. The van der Waals surface area contributed by atoms with E-state index in [1.54, 1.807) is 0 Å². The lowest BCUT2D eigenvalue weighted by atomic mass is 9.64. The van der Waals surface area contributed by atoms with Gasteiger partial charge >= 0.3 is 0 Å². The summed E-state index contributed by atoms with van der Waals surface area (Å²) in [5.74, 6) is 3.46. The van der Waals surface area contributed by atoms with Crippen molar-refractivity contribution in [1.82, 2.24) is 5.32 Å². The molecule has 4 heteroatoms. The van der Waals surface area contributed by atoms with Gasteiger partial charge in [0, 0.05) is 22.3 Å². The molecule has 0 fully saturated rings. The summed E-state index contributed by atoms with van der Waals surface area (Å²) >= 11 is 0. The van der Waals surface area contributed by atoms with E-state index in [2.05, 4.69) is 157 Å². The number of amidine groups is 2. The van der Waals surface area contributed by atoms with Crippen molar-refractivity contribution in [3.63, 3.8) is 0 Å². The lowest BCUT2D eigenvalue weighted by molar-refractivity contribution is 0.432. The average molecular weight is 720 g/mol. The van der Waals surface area contributed by atoms with Gasteiger partial charge in [-0.3, -0.25) is 0 Å². The maximum atomic E-state index is 6.72. The van der Waals surface area contributed by atoms with Gasteiger partial charge < -0.3 is 10.1 Å². The van der Waals surface area contributed by atoms with Crippen LogP contribution in [-0.4, -0.2) is 11.7 Å². The summed E-state index contributed by atoms with van der Waals surface area (Å²) in [6, 6.07) is 62.5. The number of para-hydroxylation sites is 1. The fraction of sp³-hybridized carbons (Fsp3) is 0.0769. The first-order valence-corrected chi connectivity index (χ1v) is 19.4. The minimum absolute atomic E-state index is 0.346. The van der Waals surface area contributed by atoms with Crippen LogP contribution in [0.3, 0.4) is 0 Å². The highest BCUT2D eigenvalue weighted by molar-refractivity contribution is 6.16. The molecule has 0 saturated heterocycles. The van der Waals surface area contributed by atoms with Crippen LogP contribution in [0, 0.1) is 0 Å². The van der Waals surface area contributed by atoms with Crippen molar-refractivity contribution in [3.8, 4) is 33.8 Å². The number of fused-ring (bicyclic) bond motifs is 8. The van der Waals surface area contributed by atoms with Gasteiger partial charge in [0.05, 0.1) is 5.41 Å². The fourth-order valence-electron chi connectivity index (χ4n) is 9.19. The first-order chi connectivity index (χ1) is 27.7. The van der Waals surface area contributed by atoms with Gasteiger partial charge in [-0.1, -0.05) is 158 Å². The Balaban J connectivity index is 0.996. The second kappa shape index (κ2) is 13.1. The molecule has 1 N–H and O–H groups in total. The summed E-state index contributed by atoms with van der Waals surface area (Å²) in [6.45, 7) is 0. The molecule has 7 aromatic carbocycles. The van der Waals surface area contributed by atoms with Crippen molar-refractivity contribution < 1.29 is 4.74 Å². The van der Waals surface area contributed by atoms with E-state index < -0.39 is 5.41 Å². The minimum Gasteiger partial charge on any atom is -0.457 e. The van der Waals surface area contributed by atoms with Crippen molar-refractivity contribution in [2.24, 2.45) is 9.98 Å². The number of allylic oxidation sites excluding steroid dienone is 4. The van der Waals surface area contributed by atoms with E-state index in [1.807, 2.05) is 36.4 Å². The monoisotopic (exact) mass is 719 g/mol. The van der Waals surface area contributed by atoms with Gasteiger partial charge in [-0.2, -0.15) is 0 Å². The highest BCUT2D eigenvalue weighted by atomic mass is 16.5. The molecule has 0 radical (unpaired) electrons. The third-order valence-electron chi connectivity index (χ3n) is 11.7. The van der Waals surface area contributed by atoms with Gasteiger partial charge in [0.2, 0.25) is 0 Å². The van der Waals surface area contributed by atoms with Crippen LogP contribution in [0.2, 0.25) is 0 Å². The average Bonchev–Trinajstić information content (AvgIpc) is 3.57. The Morgan fingerprint density at radius 1 is 0.500 bits per heavy atom. The van der Waals surface area contributed by atoms with Gasteiger partial charge in [-0.15, -0.1) is 0 Å². The highest BCUT2D eigenvalue weighted by Crippen LogP contribution is 2.63. The number of nitrogens with zero attached hydrogens (tertiary/aromatic N) is 2. The van der Waals surface area contributed by atoms with E-state index in [-0.39, 0.29) is 6.17 Å². The number of nitrogens with one attached hydrogen (secondary N) is 1. The molecule has 0 aromatic heterocycles. The molecule has 2 heterocycles. The molecule has 266 valence electrons. The Morgan fingerprint density at radius 2 is 1.09 bits per heavy atom. The molecule has 7 aromatic rings. The van der Waals surface area contributed by atoms with Gasteiger partial charge in [0.15, 0.2) is 6.17 Å². The van der Waals surface area contributed by atoms with Gasteiger partial charge in [-0.25, -0.2) is 9.98 Å². The topological polar surface area (TPSA) is 46.0 Å². The highest BCUT2D eigenvalue weighted by Gasteiger charge is 2.52. The van der Waals surface area contributed by atoms with E-state index in [0.717, 1.165) is 75.0 Å². The first kappa shape index (κ1) is 32.4. The molecule has 2 unspecified atom stereocenters. The number of hydrogen-bond donors (Lipinski definition) is 1. The molecule has 0 saturated carbocycles. The van der Waals surface area contributed by atoms with E-state index >= 15 is 0 Å². The molecule has 4 nitrogen and oxygen atoms in total. The maximum Gasteiger partial charge on any atom is 0.169 e. The summed E-state index contributed by atoms with van der Waals surface area (Å²) in [7, 11) is 0. The van der Waals surface area contributed by atoms with E-state index in [1.165, 1.54) is 33.4 Å². The second-order valence-electron chi connectivity index (χ2n) is 14.8. The lowest BCUT2D eigenvalue weighted by Crippen LogP contribution is -2.36. The van der Waals surface area contributed by atoms with Crippen LogP contribution >= 0.6 is 0 Å². The number of benzene rings is 7. The zero-order valence-electron chi connectivity index (χ0n) is 30.7. The molecular formula is C52H37N3O. The number of rotatable bonds is 5.